The van der Waals surface area contributed by atoms with Crippen molar-refractivity contribution in [3.8, 4) is 11.4 Å². The molecule has 1 aliphatic rings. The maximum atomic E-state index is 4.87. The van der Waals surface area contributed by atoms with Crippen LogP contribution in [0.5, 0.6) is 0 Å². The molecule has 1 fully saturated rings. The van der Waals surface area contributed by atoms with Crippen molar-refractivity contribution in [2.45, 2.75) is 19.3 Å². The monoisotopic (exact) mass is 375 g/mol. The molecule has 27 heavy (non-hydrogen) atoms. The normalized spacial score (nSPS) is 20.3. The highest BCUT2D eigenvalue weighted by molar-refractivity contribution is 7.08. The van der Waals surface area contributed by atoms with Gasteiger partial charge >= 0.3 is 0 Å². The van der Waals surface area contributed by atoms with Gasteiger partial charge in [0, 0.05) is 24.0 Å². The summed E-state index contributed by atoms with van der Waals surface area (Å²) < 4.78 is 1.87. The zero-order valence-corrected chi connectivity index (χ0v) is 16.0. The van der Waals surface area contributed by atoms with Crippen LogP contribution in [0.2, 0.25) is 0 Å². The summed E-state index contributed by atoms with van der Waals surface area (Å²) in [6, 6.07) is 17.0. The standard InChI is InChI=1S/C21H21N5S/c1-15-13-25(11-9-18(15)16-5-3-2-4-6-16)20-8-7-19-22-23-21(26(19)24-20)17-10-12-27-14-17/h2-8,10,12,14-15,18H,9,11,13H2,1H3. The van der Waals surface area contributed by atoms with Gasteiger partial charge in [0.05, 0.1) is 0 Å². The fourth-order valence-electron chi connectivity index (χ4n) is 4.07. The Labute approximate surface area is 162 Å². The Morgan fingerprint density at radius 2 is 1.93 bits per heavy atom. The van der Waals surface area contributed by atoms with Crippen molar-refractivity contribution in [3.63, 3.8) is 0 Å². The fraction of sp³-hybridized carbons (Fsp3) is 0.286. The summed E-state index contributed by atoms with van der Waals surface area (Å²) in [5.41, 5.74) is 3.30. The number of aromatic nitrogens is 4. The molecule has 4 aromatic rings. The number of benzene rings is 1. The number of anilines is 1. The van der Waals surface area contributed by atoms with Crippen LogP contribution in [0.3, 0.4) is 0 Å². The summed E-state index contributed by atoms with van der Waals surface area (Å²) in [6.07, 6.45) is 1.14. The van der Waals surface area contributed by atoms with Crippen molar-refractivity contribution in [3.05, 3.63) is 64.9 Å². The largest absolute Gasteiger partial charge is 0.355 e. The lowest BCUT2D eigenvalue weighted by Crippen LogP contribution is -2.39. The summed E-state index contributed by atoms with van der Waals surface area (Å²) in [5.74, 6) is 3.00. The van der Waals surface area contributed by atoms with Gasteiger partial charge in [-0.05, 0) is 47.4 Å². The first kappa shape index (κ1) is 16.4. The highest BCUT2D eigenvalue weighted by Gasteiger charge is 2.28. The number of hydrogen-bond donors (Lipinski definition) is 0. The lowest BCUT2D eigenvalue weighted by Gasteiger charge is -2.37. The van der Waals surface area contributed by atoms with Crippen LogP contribution in [-0.2, 0) is 0 Å². The number of fused-ring (bicyclic) bond motifs is 1. The van der Waals surface area contributed by atoms with E-state index in [9.17, 15) is 0 Å². The fourth-order valence-corrected chi connectivity index (χ4v) is 4.70. The van der Waals surface area contributed by atoms with Gasteiger partial charge in [0.2, 0.25) is 0 Å². The molecule has 4 heterocycles. The second-order valence-corrected chi connectivity index (χ2v) is 8.01. The molecule has 136 valence electrons. The molecule has 0 amide bonds. The molecule has 0 aliphatic carbocycles. The van der Waals surface area contributed by atoms with E-state index < -0.39 is 0 Å². The van der Waals surface area contributed by atoms with Gasteiger partial charge in [-0.2, -0.15) is 15.9 Å². The Kier molecular flexibility index (Phi) is 4.13. The maximum Gasteiger partial charge on any atom is 0.186 e. The van der Waals surface area contributed by atoms with E-state index in [0.717, 1.165) is 42.4 Å². The zero-order valence-electron chi connectivity index (χ0n) is 15.2. The third-order valence-electron chi connectivity index (χ3n) is 5.49. The summed E-state index contributed by atoms with van der Waals surface area (Å²) in [5, 5.41) is 17.6. The van der Waals surface area contributed by atoms with Crippen LogP contribution in [-0.4, -0.2) is 32.9 Å². The lowest BCUT2D eigenvalue weighted by atomic mass is 9.81. The topological polar surface area (TPSA) is 46.3 Å². The Morgan fingerprint density at radius 1 is 1.04 bits per heavy atom. The second kappa shape index (κ2) is 6.78. The molecule has 1 aliphatic heterocycles. The average Bonchev–Trinajstić information content (AvgIpc) is 3.37. The third kappa shape index (κ3) is 3.00. The zero-order chi connectivity index (χ0) is 18.2. The van der Waals surface area contributed by atoms with E-state index in [4.69, 9.17) is 5.10 Å². The smallest absolute Gasteiger partial charge is 0.186 e. The minimum atomic E-state index is 0.580. The molecular formula is C21H21N5S. The van der Waals surface area contributed by atoms with Crippen LogP contribution in [0.4, 0.5) is 5.82 Å². The molecule has 0 bridgehead atoms. The molecular weight excluding hydrogens is 354 g/mol. The summed E-state index contributed by atoms with van der Waals surface area (Å²) in [7, 11) is 0. The molecule has 3 aromatic heterocycles. The molecule has 0 N–H and O–H groups in total. The number of rotatable bonds is 3. The van der Waals surface area contributed by atoms with Gasteiger partial charge in [0.25, 0.3) is 0 Å². The summed E-state index contributed by atoms with van der Waals surface area (Å²) in [6.45, 7) is 4.37. The van der Waals surface area contributed by atoms with Crippen molar-refractivity contribution >= 4 is 22.8 Å². The van der Waals surface area contributed by atoms with Crippen molar-refractivity contribution in [2.75, 3.05) is 18.0 Å². The van der Waals surface area contributed by atoms with Gasteiger partial charge in [0.1, 0.15) is 5.82 Å². The van der Waals surface area contributed by atoms with Gasteiger partial charge < -0.3 is 4.90 Å². The van der Waals surface area contributed by atoms with Crippen LogP contribution in [0, 0.1) is 5.92 Å². The first-order valence-electron chi connectivity index (χ1n) is 9.34. The summed E-state index contributed by atoms with van der Waals surface area (Å²) in [4.78, 5) is 2.39. The third-order valence-corrected chi connectivity index (χ3v) is 6.17. The number of nitrogens with zero attached hydrogens (tertiary/aromatic N) is 5. The van der Waals surface area contributed by atoms with Crippen molar-refractivity contribution < 1.29 is 0 Å². The van der Waals surface area contributed by atoms with Crippen LogP contribution < -0.4 is 4.90 Å². The van der Waals surface area contributed by atoms with Gasteiger partial charge in [-0.15, -0.1) is 15.3 Å². The first-order valence-corrected chi connectivity index (χ1v) is 10.3. The minimum absolute atomic E-state index is 0.580. The van der Waals surface area contributed by atoms with E-state index in [1.54, 1.807) is 11.3 Å². The van der Waals surface area contributed by atoms with E-state index in [0.29, 0.717) is 11.8 Å². The minimum Gasteiger partial charge on any atom is -0.355 e. The van der Waals surface area contributed by atoms with Crippen molar-refractivity contribution in [2.24, 2.45) is 5.92 Å². The average molecular weight is 376 g/mol. The lowest BCUT2D eigenvalue weighted by molar-refractivity contribution is 0.381. The van der Waals surface area contributed by atoms with Gasteiger partial charge in [-0.3, -0.25) is 0 Å². The maximum absolute atomic E-state index is 4.87. The van der Waals surface area contributed by atoms with Gasteiger partial charge in [0.15, 0.2) is 11.5 Å². The number of hydrogen-bond acceptors (Lipinski definition) is 5. The molecule has 2 unspecified atom stereocenters. The highest BCUT2D eigenvalue weighted by atomic mass is 32.1. The van der Waals surface area contributed by atoms with Crippen LogP contribution in [0.1, 0.15) is 24.8 Å². The number of thiophene rings is 1. The van der Waals surface area contributed by atoms with E-state index in [2.05, 4.69) is 75.2 Å². The van der Waals surface area contributed by atoms with Gasteiger partial charge in [-0.25, -0.2) is 0 Å². The molecule has 5 rings (SSSR count). The van der Waals surface area contributed by atoms with E-state index >= 15 is 0 Å². The van der Waals surface area contributed by atoms with E-state index in [1.807, 2.05) is 10.6 Å². The van der Waals surface area contributed by atoms with E-state index in [1.165, 1.54) is 5.56 Å². The first-order chi connectivity index (χ1) is 13.3. The van der Waals surface area contributed by atoms with Gasteiger partial charge in [-0.1, -0.05) is 37.3 Å². The molecule has 0 spiro atoms. The summed E-state index contributed by atoms with van der Waals surface area (Å²) >= 11 is 1.66. The van der Waals surface area contributed by atoms with Crippen molar-refractivity contribution in [1.82, 2.24) is 19.8 Å². The molecule has 6 heteroatoms. The van der Waals surface area contributed by atoms with Crippen LogP contribution in [0.25, 0.3) is 17.0 Å². The molecule has 2 atom stereocenters. The van der Waals surface area contributed by atoms with Crippen LogP contribution in [0.15, 0.2) is 59.3 Å². The Bertz CT molecular complexity index is 1040. The van der Waals surface area contributed by atoms with Crippen molar-refractivity contribution in [1.29, 1.82) is 0 Å². The Balaban J connectivity index is 1.42. The second-order valence-electron chi connectivity index (χ2n) is 7.23. The molecule has 1 saturated heterocycles. The van der Waals surface area contributed by atoms with Crippen LogP contribution >= 0.6 is 11.3 Å². The van der Waals surface area contributed by atoms with E-state index in [-0.39, 0.29) is 0 Å². The Hall–Kier alpha value is -2.73. The highest BCUT2D eigenvalue weighted by Crippen LogP contribution is 2.34. The Morgan fingerprint density at radius 3 is 2.70 bits per heavy atom. The molecule has 5 nitrogen and oxygen atoms in total. The molecule has 0 radical (unpaired) electrons. The molecule has 0 saturated carbocycles. The number of piperidine rings is 1. The predicted molar refractivity (Wildman–Crippen MR) is 109 cm³/mol. The predicted octanol–water partition coefficient (Wildman–Crippen LogP) is 4.48. The molecule has 1 aromatic carbocycles. The SMILES string of the molecule is CC1CN(c2ccc3nnc(-c4ccsc4)n3n2)CCC1c1ccccc1. The quantitative estimate of drug-likeness (QED) is 0.530.